The maximum Gasteiger partial charge on any atom is 0.416 e. The van der Waals surface area contributed by atoms with E-state index in [4.69, 9.17) is 9.47 Å². The number of hydrogen-bond acceptors (Lipinski definition) is 4. The summed E-state index contributed by atoms with van der Waals surface area (Å²) < 4.78 is 49.0. The zero-order chi connectivity index (χ0) is 23.3. The van der Waals surface area contributed by atoms with Gasteiger partial charge in [0, 0.05) is 22.9 Å². The number of ether oxygens (including phenoxy) is 2. The standard InChI is InChI=1S/C24H18F3NO4/c1-31-19-10-16(11-20(14-19)32-2)7-6-15-8-9-22(29)21(12-15)23(30)28-18-5-3-4-17(13-18)24(25,26)27/h3-5,8-14,29H,1-2H3,(H,28,30). The third kappa shape index (κ3) is 5.52. The van der Waals surface area contributed by atoms with E-state index in [0.29, 0.717) is 22.6 Å². The normalized spacial score (nSPS) is 10.7. The number of anilines is 1. The molecule has 0 bridgehead atoms. The van der Waals surface area contributed by atoms with Gasteiger partial charge in [0.1, 0.15) is 17.2 Å². The first-order valence-corrected chi connectivity index (χ1v) is 9.26. The van der Waals surface area contributed by atoms with Crippen molar-refractivity contribution in [2.75, 3.05) is 19.5 Å². The van der Waals surface area contributed by atoms with Crippen molar-refractivity contribution in [3.8, 4) is 29.1 Å². The average Bonchev–Trinajstić information content (AvgIpc) is 2.77. The zero-order valence-corrected chi connectivity index (χ0v) is 17.1. The van der Waals surface area contributed by atoms with Gasteiger partial charge in [0.25, 0.3) is 5.91 Å². The summed E-state index contributed by atoms with van der Waals surface area (Å²) in [6.45, 7) is 0. The van der Waals surface area contributed by atoms with Gasteiger partial charge in [-0.05, 0) is 48.5 Å². The van der Waals surface area contributed by atoms with Gasteiger partial charge in [0.05, 0.1) is 25.3 Å². The Bertz CT molecular complexity index is 1190. The number of methoxy groups -OCH3 is 2. The molecule has 3 aromatic carbocycles. The molecule has 0 aromatic heterocycles. The number of hydrogen-bond donors (Lipinski definition) is 2. The topological polar surface area (TPSA) is 67.8 Å². The van der Waals surface area contributed by atoms with Crippen molar-refractivity contribution >= 4 is 11.6 Å². The van der Waals surface area contributed by atoms with E-state index in [-0.39, 0.29) is 17.0 Å². The van der Waals surface area contributed by atoms with Crippen molar-refractivity contribution in [3.63, 3.8) is 0 Å². The van der Waals surface area contributed by atoms with E-state index >= 15 is 0 Å². The highest BCUT2D eigenvalue weighted by Gasteiger charge is 2.30. The van der Waals surface area contributed by atoms with Gasteiger partial charge in [-0.15, -0.1) is 0 Å². The molecule has 0 aliphatic rings. The fourth-order valence-electron chi connectivity index (χ4n) is 2.79. The number of aromatic hydroxyl groups is 1. The van der Waals surface area contributed by atoms with Crippen LogP contribution in [0.4, 0.5) is 18.9 Å². The lowest BCUT2D eigenvalue weighted by Crippen LogP contribution is -2.13. The quantitative estimate of drug-likeness (QED) is 0.554. The first-order valence-electron chi connectivity index (χ1n) is 9.26. The molecule has 8 heteroatoms. The number of amides is 1. The van der Waals surface area contributed by atoms with Crippen LogP contribution in [0.15, 0.2) is 60.7 Å². The van der Waals surface area contributed by atoms with Gasteiger partial charge in [0.2, 0.25) is 0 Å². The summed E-state index contributed by atoms with van der Waals surface area (Å²) in [5.41, 5.74) is -0.0579. The maximum atomic E-state index is 12.9. The van der Waals surface area contributed by atoms with E-state index < -0.39 is 17.6 Å². The van der Waals surface area contributed by atoms with E-state index in [9.17, 15) is 23.1 Å². The van der Waals surface area contributed by atoms with E-state index in [1.54, 1.807) is 18.2 Å². The first kappa shape index (κ1) is 22.6. The minimum Gasteiger partial charge on any atom is -0.507 e. The fraction of sp³-hybridized carbons (Fsp3) is 0.125. The molecule has 0 aliphatic heterocycles. The number of carbonyl (C=O) groups excluding carboxylic acids is 1. The number of phenolic OH excluding ortho intramolecular Hbond substituents is 1. The Morgan fingerprint density at radius 2 is 1.56 bits per heavy atom. The smallest absolute Gasteiger partial charge is 0.416 e. The van der Waals surface area contributed by atoms with Crippen LogP contribution in [0.2, 0.25) is 0 Å². The molecule has 0 unspecified atom stereocenters. The highest BCUT2D eigenvalue weighted by Crippen LogP contribution is 2.31. The molecule has 0 heterocycles. The summed E-state index contributed by atoms with van der Waals surface area (Å²) in [6, 6.07) is 13.5. The van der Waals surface area contributed by atoms with E-state index in [1.807, 2.05) is 0 Å². The molecule has 0 saturated carbocycles. The van der Waals surface area contributed by atoms with Crippen LogP contribution >= 0.6 is 0 Å². The Labute approximate surface area is 182 Å². The van der Waals surface area contributed by atoms with Gasteiger partial charge in [0.15, 0.2) is 0 Å². The second-order valence-electron chi connectivity index (χ2n) is 6.62. The van der Waals surface area contributed by atoms with Crippen LogP contribution in [0, 0.1) is 11.8 Å². The Balaban J connectivity index is 1.86. The third-order valence-corrected chi connectivity index (χ3v) is 4.39. The predicted molar refractivity (Wildman–Crippen MR) is 113 cm³/mol. The Morgan fingerprint density at radius 3 is 2.19 bits per heavy atom. The second-order valence-corrected chi connectivity index (χ2v) is 6.62. The van der Waals surface area contributed by atoms with Gasteiger partial charge < -0.3 is 19.9 Å². The zero-order valence-electron chi connectivity index (χ0n) is 17.1. The van der Waals surface area contributed by atoms with Gasteiger partial charge in [-0.3, -0.25) is 4.79 Å². The molecular formula is C24H18F3NO4. The molecule has 32 heavy (non-hydrogen) atoms. The number of carbonyl (C=O) groups is 1. The molecule has 0 fully saturated rings. The molecular weight excluding hydrogens is 423 g/mol. The number of halogens is 3. The van der Waals surface area contributed by atoms with Crippen LogP contribution in [0.5, 0.6) is 17.2 Å². The fourth-order valence-corrected chi connectivity index (χ4v) is 2.79. The van der Waals surface area contributed by atoms with Crippen LogP contribution in [-0.2, 0) is 6.18 Å². The lowest BCUT2D eigenvalue weighted by Gasteiger charge is -2.10. The van der Waals surface area contributed by atoms with Crippen LogP contribution in [0.25, 0.3) is 0 Å². The van der Waals surface area contributed by atoms with Crippen LogP contribution < -0.4 is 14.8 Å². The number of nitrogens with one attached hydrogen (secondary N) is 1. The molecule has 0 radical (unpaired) electrons. The molecule has 164 valence electrons. The predicted octanol–water partition coefficient (Wildman–Crippen LogP) is 5.08. The van der Waals surface area contributed by atoms with Crippen molar-refractivity contribution in [1.82, 2.24) is 0 Å². The summed E-state index contributed by atoms with van der Waals surface area (Å²) in [5, 5.41) is 12.4. The van der Waals surface area contributed by atoms with Crippen molar-refractivity contribution < 1.29 is 32.5 Å². The highest BCUT2D eigenvalue weighted by atomic mass is 19.4. The molecule has 0 saturated heterocycles. The number of rotatable bonds is 4. The Hall–Kier alpha value is -4.12. The minimum absolute atomic E-state index is 0.0517. The summed E-state index contributed by atoms with van der Waals surface area (Å²) in [6.07, 6.45) is -4.54. The van der Waals surface area contributed by atoms with Gasteiger partial charge in [-0.1, -0.05) is 17.9 Å². The van der Waals surface area contributed by atoms with Crippen molar-refractivity contribution in [2.24, 2.45) is 0 Å². The van der Waals surface area contributed by atoms with Crippen LogP contribution in [0.1, 0.15) is 27.0 Å². The number of benzene rings is 3. The Kier molecular flexibility index (Phi) is 6.59. The summed E-state index contributed by atoms with van der Waals surface area (Å²) >= 11 is 0. The SMILES string of the molecule is COc1cc(C#Cc2ccc(O)c(C(=O)Nc3cccc(C(F)(F)F)c3)c2)cc(OC)c1. The number of alkyl halides is 3. The maximum absolute atomic E-state index is 12.9. The molecule has 0 aliphatic carbocycles. The number of phenols is 1. The van der Waals surface area contributed by atoms with Crippen LogP contribution in [0.3, 0.4) is 0 Å². The molecule has 5 nitrogen and oxygen atoms in total. The summed E-state index contributed by atoms with van der Waals surface area (Å²) in [5.74, 6) is 5.81. The summed E-state index contributed by atoms with van der Waals surface area (Å²) in [7, 11) is 3.03. The Morgan fingerprint density at radius 1 is 0.906 bits per heavy atom. The van der Waals surface area contributed by atoms with E-state index in [1.165, 1.54) is 44.6 Å². The highest BCUT2D eigenvalue weighted by molar-refractivity contribution is 6.06. The molecule has 3 rings (SSSR count). The van der Waals surface area contributed by atoms with Crippen LogP contribution in [-0.4, -0.2) is 25.2 Å². The lowest BCUT2D eigenvalue weighted by atomic mass is 10.1. The van der Waals surface area contributed by atoms with Gasteiger partial charge in [-0.25, -0.2) is 0 Å². The third-order valence-electron chi connectivity index (χ3n) is 4.39. The van der Waals surface area contributed by atoms with Gasteiger partial charge in [-0.2, -0.15) is 13.2 Å². The average molecular weight is 441 g/mol. The van der Waals surface area contributed by atoms with Crippen molar-refractivity contribution in [2.45, 2.75) is 6.18 Å². The minimum atomic E-state index is -4.54. The molecule has 0 spiro atoms. The second kappa shape index (κ2) is 9.35. The van der Waals surface area contributed by atoms with E-state index in [2.05, 4.69) is 17.2 Å². The molecule has 1 amide bonds. The van der Waals surface area contributed by atoms with Crippen molar-refractivity contribution in [3.05, 3.63) is 82.9 Å². The summed E-state index contributed by atoms with van der Waals surface area (Å²) in [4.78, 5) is 12.6. The lowest BCUT2D eigenvalue weighted by molar-refractivity contribution is -0.137. The monoisotopic (exact) mass is 441 g/mol. The van der Waals surface area contributed by atoms with Gasteiger partial charge >= 0.3 is 6.18 Å². The first-order chi connectivity index (χ1) is 15.2. The molecule has 0 atom stereocenters. The largest absolute Gasteiger partial charge is 0.507 e. The van der Waals surface area contributed by atoms with E-state index in [0.717, 1.165) is 12.1 Å². The van der Waals surface area contributed by atoms with Crippen molar-refractivity contribution in [1.29, 1.82) is 0 Å². The molecule has 3 aromatic rings. The molecule has 2 N–H and O–H groups in total.